The van der Waals surface area contributed by atoms with Gasteiger partial charge in [-0.1, -0.05) is 423 Å². The van der Waals surface area contributed by atoms with Crippen molar-refractivity contribution in [2.24, 2.45) is 0 Å². The number of ether oxygens (including phenoxy) is 1. The smallest absolute Gasteiger partial charge is 0.305 e. The maximum absolute atomic E-state index is 12.5. The van der Waals surface area contributed by atoms with Gasteiger partial charge in [0.05, 0.1) is 25.4 Å². The average Bonchev–Trinajstić information content (AvgIpc) is 3.68. The standard InChI is InChI=1S/C83H161NO5/c1-3-5-7-9-11-13-15-17-19-20-42-46-49-53-57-61-65-69-73-77-83(88)89-78-74-70-66-62-58-54-50-47-44-41-39-37-35-33-31-29-27-25-23-21-22-24-26-28-30-32-34-36-38-40-43-45-48-52-56-60-64-68-72-76-82(87)84-80(79-85)81(86)75-71-67-63-59-55-51-18-16-14-12-10-8-6-4-2/h17,19,71,75,80-81,85-86H,3-16,18,20-70,72-74,76-79H2,1-2H3,(H,84,87)/b19-17-,75-71+. The Morgan fingerprint density at radius 1 is 0.303 bits per heavy atom. The number of amides is 1. The summed E-state index contributed by atoms with van der Waals surface area (Å²) in [6.07, 6.45) is 102. The van der Waals surface area contributed by atoms with E-state index in [-0.39, 0.29) is 18.5 Å². The fourth-order valence-electron chi connectivity index (χ4n) is 13.2. The lowest BCUT2D eigenvalue weighted by Crippen LogP contribution is -2.45. The summed E-state index contributed by atoms with van der Waals surface area (Å²) in [5.74, 6) is -0.0346. The highest BCUT2D eigenvalue weighted by molar-refractivity contribution is 5.76. The van der Waals surface area contributed by atoms with Crippen molar-refractivity contribution in [3.8, 4) is 0 Å². The largest absolute Gasteiger partial charge is 0.466 e. The maximum Gasteiger partial charge on any atom is 0.305 e. The van der Waals surface area contributed by atoms with Gasteiger partial charge in [-0.3, -0.25) is 9.59 Å². The van der Waals surface area contributed by atoms with E-state index in [4.69, 9.17) is 4.74 Å². The molecule has 2 atom stereocenters. The summed E-state index contributed by atoms with van der Waals surface area (Å²) < 4.78 is 5.52. The van der Waals surface area contributed by atoms with Crippen molar-refractivity contribution in [3.63, 3.8) is 0 Å². The number of nitrogens with one attached hydrogen (secondary N) is 1. The van der Waals surface area contributed by atoms with Gasteiger partial charge in [-0.2, -0.15) is 0 Å². The highest BCUT2D eigenvalue weighted by atomic mass is 16.5. The number of hydrogen-bond donors (Lipinski definition) is 3. The van der Waals surface area contributed by atoms with Crippen LogP contribution in [-0.4, -0.2) is 47.4 Å². The first kappa shape index (κ1) is 87.3. The molecule has 6 heteroatoms. The number of aliphatic hydroxyl groups excluding tert-OH is 2. The molecule has 3 N–H and O–H groups in total. The maximum atomic E-state index is 12.5. The number of carbonyl (C=O) groups is 2. The van der Waals surface area contributed by atoms with Crippen molar-refractivity contribution in [1.82, 2.24) is 5.32 Å². The summed E-state index contributed by atoms with van der Waals surface area (Å²) >= 11 is 0. The Labute approximate surface area is 558 Å². The highest BCUT2D eigenvalue weighted by Gasteiger charge is 2.18. The van der Waals surface area contributed by atoms with Gasteiger partial charge in [0.15, 0.2) is 0 Å². The molecule has 0 heterocycles. The normalized spacial score (nSPS) is 12.5. The van der Waals surface area contributed by atoms with Crippen LogP contribution < -0.4 is 5.32 Å². The van der Waals surface area contributed by atoms with Gasteiger partial charge in [-0.05, 0) is 57.8 Å². The SMILES string of the molecule is CCCCCCCC/C=C\CCCCCCCCCCCC(=O)OCCCCCCCCCCCCCCCCCCCCCCCCCCCCCCCCCCCCCCCCCC(=O)NC(CO)C(O)/C=C/CCCCCCCCCCCCCC. The van der Waals surface area contributed by atoms with Crippen LogP contribution in [0.4, 0.5) is 0 Å². The van der Waals surface area contributed by atoms with Crippen molar-refractivity contribution in [2.75, 3.05) is 13.2 Å². The Bertz CT molecular complexity index is 1400. The topological polar surface area (TPSA) is 95.9 Å². The quantitative estimate of drug-likeness (QED) is 0.0320. The zero-order chi connectivity index (χ0) is 64.2. The first-order chi connectivity index (χ1) is 44.0. The molecule has 89 heavy (non-hydrogen) atoms. The number of carbonyl (C=O) groups excluding carboxylic acids is 2. The molecule has 0 fully saturated rings. The van der Waals surface area contributed by atoms with Gasteiger partial charge < -0.3 is 20.3 Å². The first-order valence-electron chi connectivity index (χ1n) is 41.1. The van der Waals surface area contributed by atoms with Crippen LogP contribution in [0.15, 0.2) is 24.3 Å². The molecule has 0 aliphatic carbocycles. The minimum atomic E-state index is -0.839. The van der Waals surface area contributed by atoms with Gasteiger partial charge >= 0.3 is 5.97 Å². The van der Waals surface area contributed by atoms with Crippen molar-refractivity contribution in [2.45, 2.75) is 482 Å². The molecular weight excluding hydrogens is 1090 g/mol. The molecule has 0 radical (unpaired) electrons. The van der Waals surface area contributed by atoms with Crippen molar-refractivity contribution < 1.29 is 24.5 Å². The van der Waals surface area contributed by atoms with Crippen LogP contribution in [0.5, 0.6) is 0 Å². The molecule has 0 rings (SSSR count). The molecule has 1 amide bonds. The summed E-state index contributed by atoms with van der Waals surface area (Å²) in [6, 6.07) is -0.622. The lowest BCUT2D eigenvalue weighted by Gasteiger charge is -2.20. The first-order valence-corrected chi connectivity index (χ1v) is 41.1. The van der Waals surface area contributed by atoms with E-state index in [9.17, 15) is 19.8 Å². The molecule has 2 unspecified atom stereocenters. The molecule has 6 nitrogen and oxygen atoms in total. The number of esters is 1. The van der Waals surface area contributed by atoms with Crippen molar-refractivity contribution in [3.05, 3.63) is 24.3 Å². The molecule has 0 spiro atoms. The number of aliphatic hydroxyl groups is 2. The zero-order valence-corrected chi connectivity index (χ0v) is 60.7. The van der Waals surface area contributed by atoms with Gasteiger partial charge in [0, 0.05) is 12.8 Å². The summed E-state index contributed by atoms with van der Waals surface area (Å²) in [6.45, 7) is 4.94. The molecule has 0 aliphatic heterocycles. The van der Waals surface area contributed by atoms with E-state index in [1.807, 2.05) is 6.08 Å². The average molecular weight is 1250 g/mol. The van der Waals surface area contributed by atoms with E-state index >= 15 is 0 Å². The Kier molecular flexibility index (Phi) is 77.3. The Morgan fingerprint density at radius 3 is 0.798 bits per heavy atom. The number of unbranched alkanes of at least 4 members (excludes halogenated alkanes) is 65. The molecular formula is C83H161NO5. The van der Waals surface area contributed by atoms with Crippen molar-refractivity contribution >= 4 is 11.9 Å². The molecule has 0 aromatic heterocycles. The summed E-state index contributed by atoms with van der Waals surface area (Å²) in [5, 5.41) is 23.2. The number of hydrogen-bond acceptors (Lipinski definition) is 5. The van der Waals surface area contributed by atoms with Gasteiger partial charge in [-0.25, -0.2) is 0 Å². The second kappa shape index (κ2) is 78.8. The second-order valence-corrected chi connectivity index (χ2v) is 28.5. The van der Waals surface area contributed by atoms with Crippen molar-refractivity contribution in [1.29, 1.82) is 0 Å². The van der Waals surface area contributed by atoms with Crippen LogP contribution in [0, 0.1) is 0 Å². The van der Waals surface area contributed by atoms with Crippen LogP contribution in [0.1, 0.15) is 470 Å². The Hall–Kier alpha value is -1.66. The molecule has 528 valence electrons. The van der Waals surface area contributed by atoms with E-state index < -0.39 is 12.1 Å². The third-order valence-electron chi connectivity index (χ3n) is 19.5. The molecule has 0 aromatic rings. The monoisotopic (exact) mass is 1250 g/mol. The molecule has 0 aliphatic rings. The highest BCUT2D eigenvalue weighted by Crippen LogP contribution is 2.20. The fraction of sp³-hybridized carbons (Fsp3) is 0.928. The van der Waals surface area contributed by atoms with Crippen LogP contribution in [0.3, 0.4) is 0 Å². The van der Waals surface area contributed by atoms with Gasteiger partial charge in [0.1, 0.15) is 0 Å². The molecule has 0 bridgehead atoms. The number of rotatable bonds is 78. The van der Waals surface area contributed by atoms with Crippen LogP contribution in [0.2, 0.25) is 0 Å². The third kappa shape index (κ3) is 75.3. The van der Waals surface area contributed by atoms with Gasteiger partial charge in [0.2, 0.25) is 5.91 Å². The van der Waals surface area contributed by atoms with E-state index in [2.05, 4.69) is 31.3 Å². The Balaban J connectivity index is 3.28. The van der Waals surface area contributed by atoms with E-state index in [0.29, 0.717) is 19.4 Å². The lowest BCUT2D eigenvalue weighted by atomic mass is 10.0. The molecule has 0 saturated carbocycles. The Morgan fingerprint density at radius 2 is 0.528 bits per heavy atom. The fourth-order valence-corrected chi connectivity index (χ4v) is 13.2. The predicted molar refractivity (Wildman–Crippen MR) is 393 cm³/mol. The zero-order valence-electron chi connectivity index (χ0n) is 60.7. The number of allylic oxidation sites excluding steroid dienone is 3. The van der Waals surface area contributed by atoms with Gasteiger partial charge in [0.25, 0.3) is 0 Å². The summed E-state index contributed by atoms with van der Waals surface area (Å²) in [7, 11) is 0. The minimum absolute atomic E-state index is 0.0244. The van der Waals surface area contributed by atoms with Gasteiger partial charge in [-0.15, -0.1) is 0 Å². The third-order valence-corrected chi connectivity index (χ3v) is 19.5. The predicted octanol–water partition coefficient (Wildman–Crippen LogP) is 27.2. The molecule has 0 saturated heterocycles. The van der Waals surface area contributed by atoms with Crippen LogP contribution in [-0.2, 0) is 14.3 Å². The van der Waals surface area contributed by atoms with E-state index in [0.717, 1.165) is 38.5 Å². The lowest BCUT2D eigenvalue weighted by molar-refractivity contribution is -0.143. The second-order valence-electron chi connectivity index (χ2n) is 28.5. The minimum Gasteiger partial charge on any atom is -0.466 e. The summed E-state index contributed by atoms with van der Waals surface area (Å²) in [5.41, 5.74) is 0. The molecule has 0 aromatic carbocycles. The van der Waals surface area contributed by atoms with Crippen LogP contribution >= 0.6 is 0 Å². The van der Waals surface area contributed by atoms with E-state index in [1.165, 1.54) is 405 Å². The van der Waals surface area contributed by atoms with Crippen LogP contribution in [0.25, 0.3) is 0 Å². The van der Waals surface area contributed by atoms with E-state index in [1.54, 1.807) is 6.08 Å². The summed E-state index contributed by atoms with van der Waals surface area (Å²) in [4.78, 5) is 24.6.